The minimum atomic E-state index is -0.251. The zero-order valence-electron chi connectivity index (χ0n) is 10.8. The van der Waals surface area contributed by atoms with E-state index >= 15 is 0 Å². The minimum absolute atomic E-state index is 0.0514. The van der Waals surface area contributed by atoms with E-state index in [2.05, 4.69) is 10.3 Å². The van der Waals surface area contributed by atoms with E-state index in [9.17, 15) is 9.90 Å². The summed E-state index contributed by atoms with van der Waals surface area (Å²) in [5, 5.41) is 13.3. The Morgan fingerprint density at radius 2 is 2.05 bits per heavy atom. The first-order valence-corrected chi connectivity index (χ1v) is 6.92. The first kappa shape index (κ1) is 12.6. The van der Waals surface area contributed by atoms with Gasteiger partial charge in [0, 0.05) is 5.56 Å². The number of phenolic OH excluding ortho intramolecular Hbond substituents is 1. The third kappa shape index (κ3) is 2.35. The van der Waals surface area contributed by atoms with Gasteiger partial charge in [-0.2, -0.15) is 0 Å². The molecule has 1 heterocycles. The number of aromatic hydroxyl groups is 1. The van der Waals surface area contributed by atoms with Gasteiger partial charge in [0.05, 0.1) is 20.9 Å². The van der Waals surface area contributed by atoms with Crippen LogP contribution >= 0.6 is 11.3 Å². The van der Waals surface area contributed by atoms with Crippen molar-refractivity contribution in [3.63, 3.8) is 0 Å². The first-order valence-electron chi connectivity index (χ1n) is 6.10. The molecule has 3 rings (SSSR count). The van der Waals surface area contributed by atoms with E-state index in [1.165, 1.54) is 6.07 Å². The minimum Gasteiger partial charge on any atom is -0.506 e. The van der Waals surface area contributed by atoms with Crippen LogP contribution in [0, 0.1) is 6.92 Å². The molecule has 0 unspecified atom stereocenters. The number of aryl methyl sites for hydroxylation is 1. The van der Waals surface area contributed by atoms with Gasteiger partial charge in [0.15, 0.2) is 0 Å². The zero-order valence-corrected chi connectivity index (χ0v) is 11.6. The second-order valence-electron chi connectivity index (χ2n) is 4.39. The summed E-state index contributed by atoms with van der Waals surface area (Å²) in [6.45, 7) is 1.94. The first-order chi connectivity index (χ1) is 9.63. The van der Waals surface area contributed by atoms with Crippen LogP contribution in [0.15, 0.2) is 42.5 Å². The fourth-order valence-corrected chi connectivity index (χ4v) is 2.82. The molecule has 0 spiro atoms. The maximum atomic E-state index is 12.2. The number of hydrogen-bond donors (Lipinski definition) is 2. The van der Waals surface area contributed by atoms with Crippen molar-refractivity contribution in [2.75, 3.05) is 5.32 Å². The second kappa shape index (κ2) is 4.94. The number of anilines is 1. The largest absolute Gasteiger partial charge is 0.506 e. The maximum Gasteiger partial charge on any atom is 0.255 e. The second-order valence-corrected chi connectivity index (χ2v) is 5.62. The number of fused-ring (bicyclic) bond motifs is 1. The average molecular weight is 284 g/mol. The molecule has 0 saturated carbocycles. The highest BCUT2D eigenvalue weighted by Crippen LogP contribution is 2.25. The van der Waals surface area contributed by atoms with Gasteiger partial charge in [-0.25, -0.2) is 4.98 Å². The number of nitrogens with zero attached hydrogens (tertiary/aromatic N) is 1. The number of thiazole rings is 1. The van der Waals surface area contributed by atoms with Gasteiger partial charge in [-0.3, -0.25) is 4.79 Å². The lowest BCUT2D eigenvalue weighted by molar-refractivity contribution is 0.102. The molecule has 0 radical (unpaired) electrons. The Morgan fingerprint density at radius 1 is 1.25 bits per heavy atom. The summed E-state index contributed by atoms with van der Waals surface area (Å²) in [5.74, 6) is -0.199. The Hall–Kier alpha value is -2.40. The maximum absolute atomic E-state index is 12.2. The van der Waals surface area contributed by atoms with Gasteiger partial charge in [-0.15, -0.1) is 11.3 Å². The fraction of sp³-hybridized carbons (Fsp3) is 0.0667. The van der Waals surface area contributed by atoms with Crippen molar-refractivity contribution in [1.29, 1.82) is 0 Å². The molecule has 2 N–H and O–H groups in total. The molecule has 1 amide bonds. The van der Waals surface area contributed by atoms with E-state index in [4.69, 9.17) is 0 Å². The number of rotatable bonds is 2. The van der Waals surface area contributed by atoms with Crippen molar-refractivity contribution in [3.05, 3.63) is 53.0 Å². The van der Waals surface area contributed by atoms with E-state index in [-0.39, 0.29) is 11.7 Å². The molecule has 0 saturated heterocycles. The van der Waals surface area contributed by atoms with Crippen LogP contribution in [0.5, 0.6) is 5.75 Å². The number of phenols is 1. The van der Waals surface area contributed by atoms with Crippen molar-refractivity contribution in [3.8, 4) is 5.75 Å². The lowest BCUT2D eigenvalue weighted by Gasteiger charge is -2.06. The Labute approximate surface area is 119 Å². The lowest BCUT2D eigenvalue weighted by Crippen LogP contribution is -2.11. The Kier molecular flexibility index (Phi) is 3.12. The van der Waals surface area contributed by atoms with Crippen molar-refractivity contribution in [2.45, 2.75) is 6.92 Å². The third-order valence-corrected chi connectivity index (χ3v) is 3.84. The van der Waals surface area contributed by atoms with Gasteiger partial charge in [0.1, 0.15) is 5.75 Å². The third-order valence-electron chi connectivity index (χ3n) is 2.91. The van der Waals surface area contributed by atoms with E-state index in [1.54, 1.807) is 35.6 Å². The molecule has 3 aromatic rings. The molecule has 0 aliphatic carbocycles. The molecule has 0 atom stereocenters. The molecule has 0 fully saturated rings. The van der Waals surface area contributed by atoms with Crippen LogP contribution < -0.4 is 5.32 Å². The summed E-state index contributed by atoms with van der Waals surface area (Å²) in [4.78, 5) is 16.5. The number of benzene rings is 2. The number of para-hydroxylation sites is 2. The highest BCUT2D eigenvalue weighted by atomic mass is 32.1. The number of aromatic nitrogens is 1. The Balaban J connectivity index is 1.90. The molecule has 0 aliphatic rings. The van der Waals surface area contributed by atoms with Crippen molar-refractivity contribution in [1.82, 2.24) is 4.98 Å². The molecule has 0 aliphatic heterocycles. The molecule has 5 heteroatoms. The van der Waals surface area contributed by atoms with Crippen LogP contribution in [-0.2, 0) is 0 Å². The number of carbonyl (C=O) groups is 1. The van der Waals surface area contributed by atoms with Gasteiger partial charge in [-0.1, -0.05) is 12.1 Å². The fourth-order valence-electron chi connectivity index (χ4n) is 1.95. The number of amides is 1. The van der Waals surface area contributed by atoms with Crippen LogP contribution in [0.1, 0.15) is 15.4 Å². The van der Waals surface area contributed by atoms with Gasteiger partial charge in [-0.05, 0) is 37.3 Å². The molecular formula is C15H12N2O2S. The van der Waals surface area contributed by atoms with E-state index in [0.717, 1.165) is 15.2 Å². The lowest BCUT2D eigenvalue weighted by atomic mass is 10.2. The van der Waals surface area contributed by atoms with Crippen molar-refractivity contribution >= 4 is 33.1 Å². The van der Waals surface area contributed by atoms with Gasteiger partial charge in [0.2, 0.25) is 0 Å². The predicted octanol–water partition coefficient (Wildman–Crippen LogP) is 3.56. The summed E-state index contributed by atoms with van der Waals surface area (Å²) in [6.07, 6.45) is 0. The molecule has 2 aromatic carbocycles. The molecule has 0 bridgehead atoms. The monoisotopic (exact) mass is 284 g/mol. The summed E-state index contributed by atoms with van der Waals surface area (Å²) >= 11 is 1.55. The van der Waals surface area contributed by atoms with Crippen LogP contribution in [0.4, 0.5) is 5.69 Å². The Bertz CT molecular complexity index is 795. The highest BCUT2D eigenvalue weighted by Gasteiger charge is 2.10. The summed E-state index contributed by atoms with van der Waals surface area (Å²) < 4.78 is 0.979. The van der Waals surface area contributed by atoms with E-state index in [1.807, 2.05) is 19.1 Å². The predicted molar refractivity (Wildman–Crippen MR) is 80.4 cm³/mol. The number of hydrogen-bond acceptors (Lipinski definition) is 4. The SMILES string of the molecule is Cc1nc2ccc(C(=O)Nc3ccccc3O)cc2s1. The number of nitrogens with one attached hydrogen (secondary N) is 1. The summed E-state index contributed by atoms with van der Waals surface area (Å²) in [6, 6.07) is 12.0. The van der Waals surface area contributed by atoms with Gasteiger partial charge < -0.3 is 10.4 Å². The smallest absolute Gasteiger partial charge is 0.255 e. The van der Waals surface area contributed by atoms with Crippen LogP contribution in [-0.4, -0.2) is 16.0 Å². The molecule has 100 valence electrons. The number of carbonyl (C=O) groups excluding carboxylic acids is 1. The molecule has 20 heavy (non-hydrogen) atoms. The molecular weight excluding hydrogens is 272 g/mol. The van der Waals surface area contributed by atoms with Crippen molar-refractivity contribution in [2.24, 2.45) is 0 Å². The average Bonchev–Trinajstić information content (AvgIpc) is 2.80. The molecule has 4 nitrogen and oxygen atoms in total. The zero-order chi connectivity index (χ0) is 14.1. The van der Waals surface area contributed by atoms with Crippen LogP contribution in [0.2, 0.25) is 0 Å². The van der Waals surface area contributed by atoms with Crippen LogP contribution in [0.3, 0.4) is 0 Å². The van der Waals surface area contributed by atoms with E-state index in [0.29, 0.717) is 11.3 Å². The van der Waals surface area contributed by atoms with Crippen LogP contribution in [0.25, 0.3) is 10.2 Å². The highest BCUT2D eigenvalue weighted by molar-refractivity contribution is 7.18. The standard InChI is InChI=1S/C15H12N2O2S/c1-9-16-12-7-6-10(8-14(12)20-9)15(19)17-11-4-2-3-5-13(11)18/h2-8,18H,1H3,(H,17,19). The summed E-state index contributed by atoms with van der Waals surface area (Å²) in [7, 11) is 0. The van der Waals surface area contributed by atoms with Gasteiger partial charge in [0.25, 0.3) is 5.91 Å². The topological polar surface area (TPSA) is 62.2 Å². The quantitative estimate of drug-likeness (QED) is 0.707. The molecule has 1 aromatic heterocycles. The van der Waals surface area contributed by atoms with Crippen molar-refractivity contribution < 1.29 is 9.90 Å². The normalized spacial score (nSPS) is 10.7. The van der Waals surface area contributed by atoms with E-state index < -0.39 is 0 Å². The Morgan fingerprint density at radius 3 is 2.85 bits per heavy atom. The van der Waals surface area contributed by atoms with Gasteiger partial charge >= 0.3 is 0 Å². The summed E-state index contributed by atoms with van der Waals surface area (Å²) in [5.41, 5.74) is 1.84.